The zero-order valence-corrected chi connectivity index (χ0v) is 11.3. The lowest BCUT2D eigenvalue weighted by molar-refractivity contribution is -0.0553. The van der Waals surface area contributed by atoms with E-state index in [1.807, 2.05) is 0 Å². The maximum absolute atomic E-state index is 10.8. The maximum atomic E-state index is 10.8. The highest BCUT2D eigenvalue weighted by Gasteiger charge is 2.28. The molecule has 0 spiro atoms. The van der Waals surface area contributed by atoms with Gasteiger partial charge in [-0.3, -0.25) is 0 Å². The second-order valence-electron chi connectivity index (χ2n) is 5.55. The van der Waals surface area contributed by atoms with Crippen LogP contribution in [-0.2, 0) is 4.74 Å². The van der Waals surface area contributed by atoms with E-state index in [1.165, 1.54) is 6.07 Å². The minimum absolute atomic E-state index is 0.133. The molecule has 0 aromatic heterocycles. The third-order valence-electron chi connectivity index (χ3n) is 3.36. The van der Waals surface area contributed by atoms with Gasteiger partial charge in [0.2, 0.25) is 0 Å². The van der Waals surface area contributed by atoms with Crippen molar-refractivity contribution in [3.63, 3.8) is 0 Å². The summed E-state index contributed by atoms with van der Waals surface area (Å²) in [6.07, 6.45) is 1.82. The molecule has 1 aliphatic rings. The number of hydrogen-bond donors (Lipinski definition) is 3. The van der Waals surface area contributed by atoms with E-state index < -0.39 is 5.97 Å². The van der Waals surface area contributed by atoms with Crippen LogP contribution in [0.25, 0.3) is 0 Å². The molecule has 0 aliphatic carbocycles. The zero-order chi connectivity index (χ0) is 14.0. The van der Waals surface area contributed by atoms with Crippen LogP contribution >= 0.6 is 0 Å². The van der Waals surface area contributed by atoms with Crippen LogP contribution in [0.15, 0.2) is 18.2 Å². The standard InChI is InChI=1S/C14H20N2O3/c1-14(2)8-10(5-6-19-14)16-12-4-3-9(13(17)18)7-11(12)15/h3-4,7,10,16H,5-6,8,15H2,1-2H3,(H,17,18). The molecule has 1 aromatic rings. The van der Waals surface area contributed by atoms with Crippen LogP contribution in [0.3, 0.4) is 0 Å². The van der Waals surface area contributed by atoms with Crippen LogP contribution in [0, 0.1) is 0 Å². The number of carbonyl (C=O) groups is 1. The van der Waals surface area contributed by atoms with Crippen LogP contribution in [0.5, 0.6) is 0 Å². The first-order valence-electron chi connectivity index (χ1n) is 6.41. The smallest absolute Gasteiger partial charge is 0.335 e. The average molecular weight is 264 g/mol. The van der Waals surface area contributed by atoms with Crippen molar-refractivity contribution in [2.75, 3.05) is 17.7 Å². The number of anilines is 2. The van der Waals surface area contributed by atoms with Gasteiger partial charge in [0.25, 0.3) is 0 Å². The highest BCUT2D eigenvalue weighted by Crippen LogP contribution is 2.28. The summed E-state index contributed by atoms with van der Waals surface area (Å²) in [4.78, 5) is 10.8. The zero-order valence-electron chi connectivity index (χ0n) is 11.3. The molecule has 5 nitrogen and oxygen atoms in total. The Morgan fingerprint density at radius 2 is 2.26 bits per heavy atom. The lowest BCUT2D eigenvalue weighted by Crippen LogP contribution is -2.40. The number of nitrogens with one attached hydrogen (secondary N) is 1. The molecule has 1 heterocycles. The van der Waals surface area contributed by atoms with Gasteiger partial charge in [-0.15, -0.1) is 0 Å². The molecule has 1 atom stereocenters. The van der Waals surface area contributed by atoms with Crippen molar-refractivity contribution in [1.82, 2.24) is 0 Å². The number of rotatable bonds is 3. The fraction of sp³-hybridized carbons (Fsp3) is 0.500. The summed E-state index contributed by atoms with van der Waals surface area (Å²) < 4.78 is 5.67. The van der Waals surface area contributed by atoms with Crippen molar-refractivity contribution in [1.29, 1.82) is 0 Å². The minimum Gasteiger partial charge on any atom is -0.478 e. The van der Waals surface area contributed by atoms with E-state index in [4.69, 9.17) is 15.6 Å². The number of carboxylic acids is 1. The fourth-order valence-corrected chi connectivity index (χ4v) is 2.40. The van der Waals surface area contributed by atoms with Crippen molar-refractivity contribution in [2.24, 2.45) is 0 Å². The van der Waals surface area contributed by atoms with Gasteiger partial charge in [0.15, 0.2) is 0 Å². The molecule has 1 aliphatic heterocycles. The Hall–Kier alpha value is -1.75. The predicted molar refractivity (Wildman–Crippen MR) is 74.5 cm³/mol. The molecule has 0 saturated carbocycles. The normalized spacial score (nSPS) is 21.9. The molecular weight excluding hydrogens is 244 g/mol. The van der Waals surface area contributed by atoms with Crippen molar-refractivity contribution in [2.45, 2.75) is 38.3 Å². The molecule has 0 radical (unpaired) electrons. The number of benzene rings is 1. The lowest BCUT2D eigenvalue weighted by atomic mass is 9.93. The van der Waals surface area contributed by atoms with Gasteiger partial charge in [0.05, 0.1) is 22.5 Å². The Kier molecular flexibility index (Phi) is 3.66. The number of nitrogen functional groups attached to an aromatic ring is 1. The number of ether oxygens (including phenoxy) is 1. The molecule has 0 amide bonds. The summed E-state index contributed by atoms with van der Waals surface area (Å²) in [5, 5.41) is 12.3. The van der Waals surface area contributed by atoms with Crippen molar-refractivity contribution < 1.29 is 14.6 Å². The molecule has 1 unspecified atom stereocenters. The summed E-state index contributed by atoms with van der Waals surface area (Å²) in [5.74, 6) is -0.967. The van der Waals surface area contributed by atoms with Crippen LogP contribution in [0.2, 0.25) is 0 Å². The van der Waals surface area contributed by atoms with Gasteiger partial charge in [-0.25, -0.2) is 4.79 Å². The molecule has 1 fully saturated rings. The quantitative estimate of drug-likeness (QED) is 0.730. The number of carboxylic acid groups (broad SMARTS) is 1. The fourth-order valence-electron chi connectivity index (χ4n) is 2.40. The Morgan fingerprint density at radius 3 is 2.84 bits per heavy atom. The highest BCUT2D eigenvalue weighted by atomic mass is 16.5. The SMILES string of the molecule is CC1(C)CC(Nc2ccc(C(=O)O)cc2N)CCO1. The number of aromatic carboxylic acids is 1. The Labute approximate surface area is 112 Å². The largest absolute Gasteiger partial charge is 0.478 e. The summed E-state index contributed by atoms with van der Waals surface area (Å²) >= 11 is 0. The predicted octanol–water partition coefficient (Wildman–Crippen LogP) is 2.34. The van der Waals surface area contributed by atoms with Crippen molar-refractivity contribution in [3.05, 3.63) is 23.8 Å². The van der Waals surface area contributed by atoms with Gasteiger partial charge < -0.3 is 20.9 Å². The monoisotopic (exact) mass is 264 g/mol. The third-order valence-corrected chi connectivity index (χ3v) is 3.36. The topological polar surface area (TPSA) is 84.6 Å². The minimum atomic E-state index is -0.967. The van der Waals surface area contributed by atoms with Crippen molar-refractivity contribution in [3.8, 4) is 0 Å². The second kappa shape index (κ2) is 5.09. The molecule has 0 bridgehead atoms. The summed E-state index contributed by atoms with van der Waals surface area (Å²) in [5.41, 5.74) is 7.20. The summed E-state index contributed by atoms with van der Waals surface area (Å²) in [6.45, 7) is 4.85. The van der Waals surface area contributed by atoms with Crippen LogP contribution in [0.1, 0.15) is 37.0 Å². The van der Waals surface area contributed by atoms with Gasteiger partial charge >= 0.3 is 5.97 Å². The molecule has 104 valence electrons. The molecule has 1 aromatic carbocycles. The van der Waals surface area contributed by atoms with Crippen LogP contribution < -0.4 is 11.1 Å². The van der Waals surface area contributed by atoms with E-state index in [9.17, 15) is 4.79 Å². The van der Waals surface area contributed by atoms with Crippen LogP contribution in [-0.4, -0.2) is 29.3 Å². The Morgan fingerprint density at radius 1 is 1.53 bits per heavy atom. The Bertz CT molecular complexity index is 486. The van der Waals surface area contributed by atoms with Gasteiger partial charge in [-0.05, 0) is 44.9 Å². The third kappa shape index (κ3) is 3.38. The summed E-state index contributed by atoms with van der Waals surface area (Å²) in [7, 11) is 0. The molecule has 5 heteroatoms. The van der Waals surface area contributed by atoms with E-state index >= 15 is 0 Å². The Balaban J connectivity index is 2.09. The molecular formula is C14H20N2O3. The van der Waals surface area contributed by atoms with Gasteiger partial charge in [-0.1, -0.05) is 0 Å². The first kappa shape index (κ1) is 13.7. The maximum Gasteiger partial charge on any atom is 0.335 e. The highest BCUT2D eigenvalue weighted by molar-refractivity contribution is 5.90. The first-order valence-corrected chi connectivity index (χ1v) is 6.41. The van der Waals surface area contributed by atoms with E-state index in [2.05, 4.69) is 19.2 Å². The lowest BCUT2D eigenvalue weighted by Gasteiger charge is -2.36. The van der Waals surface area contributed by atoms with Gasteiger partial charge in [0, 0.05) is 12.6 Å². The first-order chi connectivity index (χ1) is 8.87. The molecule has 4 N–H and O–H groups in total. The molecule has 1 saturated heterocycles. The van der Waals surface area contributed by atoms with E-state index in [-0.39, 0.29) is 11.2 Å². The van der Waals surface area contributed by atoms with E-state index in [1.54, 1.807) is 12.1 Å². The molecule has 19 heavy (non-hydrogen) atoms. The summed E-state index contributed by atoms with van der Waals surface area (Å²) in [6, 6.07) is 5.06. The van der Waals surface area contributed by atoms with Crippen LogP contribution in [0.4, 0.5) is 11.4 Å². The van der Waals surface area contributed by atoms with E-state index in [0.29, 0.717) is 11.7 Å². The number of hydrogen-bond acceptors (Lipinski definition) is 4. The van der Waals surface area contributed by atoms with Crippen molar-refractivity contribution >= 4 is 17.3 Å². The second-order valence-corrected chi connectivity index (χ2v) is 5.55. The van der Waals surface area contributed by atoms with E-state index in [0.717, 1.165) is 25.1 Å². The molecule has 2 rings (SSSR count). The van der Waals surface area contributed by atoms with Gasteiger partial charge in [-0.2, -0.15) is 0 Å². The number of nitrogens with two attached hydrogens (primary N) is 1. The van der Waals surface area contributed by atoms with Gasteiger partial charge in [0.1, 0.15) is 0 Å². The average Bonchev–Trinajstić information content (AvgIpc) is 2.30.